The number of imidazole rings is 1. The number of fused-ring (bicyclic) bond motifs is 2. The Balaban J connectivity index is 1.98. The van der Waals surface area contributed by atoms with E-state index in [1.54, 1.807) is 0 Å². The molecule has 1 aromatic carbocycles. The smallest absolute Gasteiger partial charge is 0.163 e. The highest BCUT2D eigenvalue weighted by atomic mass is 16.6. The quantitative estimate of drug-likeness (QED) is 0.842. The highest BCUT2D eigenvalue weighted by Crippen LogP contribution is 2.33. The van der Waals surface area contributed by atoms with Crippen LogP contribution in [0, 0.1) is 0 Å². The Labute approximate surface area is 99.1 Å². The van der Waals surface area contributed by atoms with Gasteiger partial charge in [-0.3, -0.25) is 0 Å². The molecule has 0 saturated carbocycles. The van der Waals surface area contributed by atoms with E-state index in [1.807, 2.05) is 12.1 Å². The summed E-state index contributed by atoms with van der Waals surface area (Å²) in [4.78, 5) is 7.78. The van der Waals surface area contributed by atoms with E-state index >= 15 is 0 Å². The molecular weight excluding hydrogens is 218 g/mol. The van der Waals surface area contributed by atoms with Gasteiger partial charge in [-0.2, -0.15) is 0 Å². The molecule has 2 aromatic rings. The van der Waals surface area contributed by atoms with Crippen LogP contribution < -0.4 is 14.8 Å². The molecule has 2 N–H and O–H groups in total. The zero-order valence-electron chi connectivity index (χ0n) is 9.75. The van der Waals surface area contributed by atoms with Crippen molar-refractivity contribution >= 4 is 11.0 Å². The number of rotatable bonds is 3. The molecule has 0 bridgehead atoms. The van der Waals surface area contributed by atoms with E-state index in [-0.39, 0.29) is 0 Å². The van der Waals surface area contributed by atoms with Crippen LogP contribution in [-0.4, -0.2) is 29.7 Å². The first-order chi connectivity index (χ1) is 8.36. The van der Waals surface area contributed by atoms with Gasteiger partial charge in [0.05, 0.1) is 17.6 Å². The summed E-state index contributed by atoms with van der Waals surface area (Å²) in [5, 5.41) is 3.24. The number of H-pyrrole nitrogens is 1. The molecule has 17 heavy (non-hydrogen) atoms. The molecule has 0 radical (unpaired) electrons. The highest BCUT2D eigenvalue weighted by Gasteiger charge is 2.14. The molecule has 5 heteroatoms. The normalized spacial score (nSPS) is 14.2. The predicted octanol–water partition coefficient (Wildman–Crippen LogP) is 1.44. The van der Waals surface area contributed by atoms with E-state index in [0.29, 0.717) is 13.2 Å². The van der Waals surface area contributed by atoms with Crippen LogP contribution in [-0.2, 0) is 6.54 Å². The van der Waals surface area contributed by atoms with E-state index in [9.17, 15) is 0 Å². The summed E-state index contributed by atoms with van der Waals surface area (Å²) in [6, 6.07) is 3.88. The number of hydrogen-bond donors (Lipinski definition) is 2. The Morgan fingerprint density at radius 3 is 2.82 bits per heavy atom. The standard InChI is InChI=1S/C12H15N3O2/c1-2-13-7-12-14-8-5-10-11(6-9(8)15-12)17-4-3-16-10/h5-6,13H,2-4,7H2,1H3,(H,14,15). The van der Waals surface area contributed by atoms with Crippen molar-refractivity contribution in [2.75, 3.05) is 19.8 Å². The average molecular weight is 233 g/mol. The molecule has 1 aliphatic rings. The van der Waals surface area contributed by atoms with Crippen LogP contribution in [0.2, 0.25) is 0 Å². The second-order valence-electron chi connectivity index (χ2n) is 3.98. The fraction of sp³-hybridized carbons (Fsp3) is 0.417. The predicted molar refractivity (Wildman–Crippen MR) is 64.5 cm³/mol. The maximum Gasteiger partial charge on any atom is 0.163 e. The Kier molecular flexibility index (Phi) is 2.60. The lowest BCUT2D eigenvalue weighted by molar-refractivity contribution is 0.172. The van der Waals surface area contributed by atoms with Gasteiger partial charge in [0.2, 0.25) is 0 Å². The Hall–Kier alpha value is -1.75. The van der Waals surface area contributed by atoms with Crippen LogP contribution in [0.15, 0.2) is 12.1 Å². The first kappa shape index (κ1) is 10.4. The van der Waals surface area contributed by atoms with Crippen molar-refractivity contribution < 1.29 is 9.47 Å². The lowest BCUT2D eigenvalue weighted by atomic mass is 10.2. The SMILES string of the molecule is CCNCc1nc2cc3c(cc2[nH]1)OCCO3. The summed E-state index contributed by atoms with van der Waals surface area (Å²) < 4.78 is 11.1. The molecule has 0 aliphatic carbocycles. The topological polar surface area (TPSA) is 59.2 Å². The van der Waals surface area contributed by atoms with Crippen LogP contribution >= 0.6 is 0 Å². The zero-order chi connectivity index (χ0) is 11.7. The van der Waals surface area contributed by atoms with Crippen LogP contribution in [0.5, 0.6) is 11.5 Å². The van der Waals surface area contributed by atoms with E-state index in [0.717, 1.165) is 41.4 Å². The molecule has 0 fully saturated rings. The highest BCUT2D eigenvalue weighted by molar-refractivity contribution is 5.79. The summed E-state index contributed by atoms with van der Waals surface area (Å²) in [5.41, 5.74) is 1.91. The largest absolute Gasteiger partial charge is 0.486 e. The Morgan fingerprint density at radius 1 is 1.29 bits per heavy atom. The molecule has 1 aromatic heterocycles. The minimum atomic E-state index is 0.604. The third kappa shape index (κ3) is 1.93. The molecule has 0 atom stereocenters. The zero-order valence-corrected chi connectivity index (χ0v) is 9.75. The van der Waals surface area contributed by atoms with Gasteiger partial charge in [0.1, 0.15) is 19.0 Å². The minimum Gasteiger partial charge on any atom is -0.486 e. The van der Waals surface area contributed by atoms with Crippen LogP contribution in [0.3, 0.4) is 0 Å². The Bertz CT molecular complexity index is 493. The van der Waals surface area contributed by atoms with E-state index in [2.05, 4.69) is 22.2 Å². The van der Waals surface area contributed by atoms with Crippen LogP contribution in [0.1, 0.15) is 12.7 Å². The van der Waals surface area contributed by atoms with Crippen molar-refractivity contribution in [3.05, 3.63) is 18.0 Å². The number of nitrogens with zero attached hydrogens (tertiary/aromatic N) is 1. The van der Waals surface area contributed by atoms with Crippen molar-refractivity contribution in [3.63, 3.8) is 0 Å². The van der Waals surface area contributed by atoms with Crippen molar-refractivity contribution in [1.82, 2.24) is 15.3 Å². The Morgan fingerprint density at radius 2 is 2.06 bits per heavy atom. The fourth-order valence-corrected chi connectivity index (χ4v) is 1.93. The number of aromatic amines is 1. The summed E-state index contributed by atoms with van der Waals surface area (Å²) in [7, 11) is 0. The van der Waals surface area contributed by atoms with E-state index < -0.39 is 0 Å². The monoisotopic (exact) mass is 233 g/mol. The third-order valence-corrected chi connectivity index (χ3v) is 2.74. The van der Waals surface area contributed by atoms with Gasteiger partial charge in [0.15, 0.2) is 11.5 Å². The van der Waals surface area contributed by atoms with Crippen molar-refractivity contribution in [1.29, 1.82) is 0 Å². The lowest BCUT2D eigenvalue weighted by Crippen LogP contribution is -2.15. The van der Waals surface area contributed by atoms with Gasteiger partial charge in [-0.15, -0.1) is 0 Å². The van der Waals surface area contributed by atoms with Crippen LogP contribution in [0.25, 0.3) is 11.0 Å². The van der Waals surface area contributed by atoms with Crippen molar-refractivity contribution in [2.24, 2.45) is 0 Å². The van der Waals surface area contributed by atoms with Gasteiger partial charge >= 0.3 is 0 Å². The summed E-state index contributed by atoms with van der Waals surface area (Å²) >= 11 is 0. The molecule has 5 nitrogen and oxygen atoms in total. The van der Waals surface area contributed by atoms with Gasteiger partial charge in [0, 0.05) is 12.1 Å². The molecule has 90 valence electrons. The lowest BCUT2D eigenvalue weighted by Gasteiger charge is -2.17. The molecule has 2 heterocycles. The molecule has 3 rings (SSSR count). The maximum atomic E-state index is 5.53. The second-order valence-corrected chi connectivity index (χ2v) is 3.98. The van der Waals surface area contributed by atoms with Gasteiger partial charge in [-0.05, 0) is 6.54 Å². The molecular formula is C12H15N3O2. The van der Waals surface area contributed by atoms with E-state index in [1.165, 1.54) is 0 Å². The van der Waals surface area contributed by atoms with Crippen LogP contribution in [0.4, 0.5) is 0 Å². The number of benzene rings is 1. The minimum absolute atomic E-state index is 0.604. The molecule has 0 unspecified atom stereocenters. The number of ether oxygens (including phenoxy) is 2. The number of nitrogens with one attached hydrogen (secondary N) is 2. The van der Waals surface area contributed by atoms with Crippen molar-refractivity contribution in [3.8, 4) is 11.5 Å². The summed E-state index contributed by atoms with van der Waals surface area (Å²) in [5.74, 6) is 2.51. The maximum absolute atomic E-state index is 5.53. The molecule has 0 amide bonds. The molecule has 0 saturated heterocycles. The van der Waals surface area contributed by atoms with Gasteiger partial charge in [-0.25, -0.2) is 4.98 Å². The second kappa shape index (κ2) is 4.25. The summed E-state index contributed by atoms with van der Waals surface area (Å²) in [6.45, 7) is 4.96. The van der Waals surface area contributed by atoms with Crippen molar-refractivity contribution in [2.45, 2.75) is 13.5 Å². The summed E-state index contributed by atoms with van der Waals surface area (Å²) in [6.07, 6.45) is 0. The van der Waals surface area contributed by atoms with E-state index in [4.69, 9.17) is 9.47 Å². The van der Waals surface area contributed by atoms with Gasteiger partial charge in [-0.1, -0.05) is 6.92 Å². The molecule has 0 spiro atoms. The number of hydrogen-bond acceptors (Lipinski definition) is 4. The van der Waals surface area contributed by atoms with Gasteiger partial charge in [0.25, 0.3) is 0 Å². The van der Waals surface area contributed by atoms with Gasteiger partial charge < -0.3 is 19.8 Å². The average Bonchev–Trinajstić information content (AvgIpc) is 2.75. The number of aromatic nitrogens is 2. The first-order valence-corrected chi connectivity index (χ1v) is 5.86. The fourth-order valence-electron chi connectivity index (χ4n) is 1.93. The third-order valence-electron chi connectivity index (χ3n) is 2.74. The molecule has 1 aliphatic heterocycles. The first-order valence-electron chi connectivity index (χ1n) is 5.86.